The second-order valence-corrected chi connectivity index (χ2v) is 6.63. The number of nitrogens with one attached hydrogen (secondary N) is 1. The van der Waals surface area contributed by atoms with Gasteiger partial charge in [-0.2, -0.15) is 0 Å². The number of nitrogens with zero attached hydrogens (tertiary/aromatic N) is 1. The normalized spacial score (nSPS) is 12.3. The fraction of sp³-hybridized carbons (Fsp3) is 0.308. The molecule has 0 bridgehead atoms. The number of rotatable bonds is 7. The van der Waals surface area contributed by atoms with E-state index in [1.165, 1.54) is 38.4 Å². The average molecular weight is 332 g/mol. The fourth-order valence-electron chi connectivity index (χ4n) is 1.40. The molecule has 0 saturated heterocycles. The molecule has 0 heterocycles. The molecule has 0 aromatic heterocycles. The molecular formula is C13H17FN2O5S. The Labute approximate surface area is 128 Å². The van der Waals surface area contributed by atoms with E-state index in [-0.39, 0.29) is 30.0 Å². The standard InChI is InChI=1S/C13H17FN2O5S/c1-16(2)22(19,20)12-5-3-11(4-6-12)21-9-10(7-14)8-15-13(17)18/h3-7,15H,8-9H2,1-2H3,(H,17,18)/b10-7-. The summed E-state index contributed by atoms with van der Waals surface area (Å²) in [6, 6.07) is 5.63. The second kappa shape index (κ2) is 7.76. The Morgan fingerprint density at radius 3 is 2.41 bits per heavy atom. The van der Waals surface area contributed by atoms with E-state index in [1.807, 2.05) is 5.32 Å². The van der Waals surface area contributed by atoms with Crippen LogP contribution in [0.25, 0.3) is 0 Å². The molecule has 0 aliphatic heterocycles. The summed E-state index contributed by atoms with van der Waals surface area (Å²) in [5.41, 5.74) is 0.104. The lowest BCUT2D eigenvalue weighted by molar-refractivity contribution is 0.195. The number of carbonyl (C=O) groups is 1. The van der Waals surface area contributed by atoms with Gasteiger partial charge in [0.1, 0.15) is 12.4 Å². The highest BCUT2D eigenvalue weighted by atomic mass is 32.2. The molecule has 1 aromatic carbocycles. The molecule has 0 atom stereocenters. The highest BCUT2D eigenvalue weighted by Gasteiger charge is 2.16. The van der Waals surface area contributed by atoms with Gasteiger partial charge in [-0.3, -0.25) is 0 Å². The van der Waals surface area contributed by atoms with Gasteiger partial charge in [-0.25, -0.2) is 21.9 Å². The Morgan fingerprint density at radius 1 is 1.36 bits per heavy atom. The molecule has 1 amide bonds. The second-order valence-electron chi connectivity index (χ2n) is 4.47. The van der Waals surface area contributed by atoms with Gasteiger partial charge in [0.25, 0.3) is 0 Å². The zero-order valence-corrected chi connectivity index (χ0v) is 12.9. The van der Waals surface area contributed by atoms with E-state index in [0.29, 0.717) is 5.75 Å². The zero-order chi connectivity index (χ0) is 16.8. The Kier molecular flexibility index (Phi) is 6.32. The third kappa shape index (κ3) is 5.01. The van der Waals surface area contributed by atoms with E-state index < -0.39 is 16.1 Å². The summed E-state index contributed by atoms with van der Waals surface area (Å²) in [5.74, 6) is 0.340. The van der Waals surface area contributed by atoms with Crippen molar-refractivity contribution in [1.82, 2.24) is 9.62 Å². The Hall–Kier alpha value is -2.13. The monoisotopic (exact) mass is 332 g/mol. The van der Waals surface area contributed by atoms with Crippen LogP contribution in [0.2, 0.25) is 0 Å². The predicted octanol–water partition coefficient (Wildman–Crippen LogP) is 1.44. The van der Waals surface area contributed by atoms with E-state index in [2.05, 4.69) is 0 Å². The molecule has 0 aliphatic carbocycles. The number of halogens is 1. The van der Waals surface area contributed by atoms with Crippen molar-refractivity contribution in [3.63, 3.8) is 0 Å². The minimum atomic E-state index is -3.52. The molecule has 0 unspecified atom stereocenters. The van der Waals surface area contributed by atoms with E-state index in [9.17, 15) is 17.6 Å². The minimum Gasteiger partial charge on any atom is -0.489 e. The van der Waals surface area contributed by atoms with Gasteiger partial charge in [-0.15, -0.1) is 0 Å². The minimum absolute atomic E-state index is 0.104. The first-order chi connectivity index (χ1) is 10.3. The Morgan fingerprint density at radius 2 is 1.95 bits per heavy atom. The molecule has 0 aliphatic rings. The van der Waals surface area contributed by atoms with Crippen molar-refractivity contribution < 1.29 is 27.4 Å². The maximum atomic E-state index is 12.6. The molecule has 1 rings (SSSR count). The molecule has 7 nitrogen and oxygen atoms in total. The maximum absolute atomic E-state index is 12.6. The van der Waals surface area contributed by atoms with E-state index in [4.69, 9.17) is 9.84 Å². The van der Waals surface area contributed by atoms with Crippen LogP contribution in [0, 0.1) is 0 Å². The van der Waals surface area contributed by atoms with Gasteiger partial charge >= 0.3 is 6.09 Å². The summed E-state index contributed by atoms with van der Waals surface area (Å²) in [7, 11) is -0.668. The largest absolute Gasteiger partial charge is 0.489 e. The number of benzene rings is 1. The first-order valence-electron chi connectivity index (χ1n) is 6.17. The molecule has 0 fully saturated rings. The summed E-state index contributed by atoms with van der Waals surface area (Å²) in [5, 5.41) is 10.5. The first kappa shape index (κ1) is 17.9. The van der Waals surface area contributed by atoms with Crippen LogP contribution in [-0.2, 0) is 10.0 Å². The van der Waals surface area contributed by atoms with Crippen molar-refractivity contribution in [2.75, 3.05) is 27.2 Å². The maximum Gasteiger partial charge on any atom is 0.404 e. The topological polar surface area (TPSA) is 95.9 Å². The van der Waals surface area contributed by atoms with Gasteiger partial charge < -0.3 is 15.2 Å². The van der Waals surface area contributed by atoms with Crippen LogP contribution in [0.1, 0.15) is 0 Å². The van der Waals surface area contributed by atoms with Gasteiger partial charge in [0, 0.05) is 26.2 Å². The smallest absolute Gasteiger partial charge is 0.404 e. The molecule has 9 heteroatoms. The molecular weight excluding hydrogens is 315 g/mol. The van der Waals surface area contributed by atoms with E-state index in [1.54, 1.807) is 0 Å². The number of amides is 1. The number of carboxylic acid groups (broad SMARTS) is 1. The third-order valence-corrected chi connectivity index (χ3v) is 4.48. The van der Waals surface area contributed by atoms with Gasteiger partial charge in [-0.05, 0) is 24.3 Å². The number of hydrogen-bond acceptors (Lipinski definition) is 4. The molecule has 0 saturated carbocycles. The molecule has 2 N–H and O–H groups in total. The molecule has 0 radical (unpaired) electrons. The van der Waals surface area contributed by atoms with Gasteiger partial charge in [0.2, 0.25) is 10.0 Å². The summed E-state index contributed by atoms with van der Waals surface area (Å²) < 4.78 is 42.7. The summed E-state index contributed by atoms with van der Waals surface area (Å²) >= 11 is 0. The van der Waals surface area contributed by atoms with Crippen molar-refractivity contribution in [3.8, 4) is 5.75 Å². The van der Waals surface area contributed by atoms with Gasteiger partial charge in [0.15, 0.2) is 0 Å². The molecule has 1 aromatic rings. The lowest BCUT2D eigenvalue weighted by Gasteiger charge is -2.12. The van der Waals surface area contributed by atoms with Crippen molar-refractivity contribution in [2.24, 2.45) is 0 Å². The lowest BCUT2D eigenvalue weighted by Crippen LogP contribution is -2.25. The first-order valence-corrected chi connectivity index (χ1v) is 7.61. The van der Waals surface area contributed by atoms with Crippen molar-refractivity contribution >= 4 is 16.1 Å². The van der Waals surface area contributed by atoms with Crippen molar-refractivity contribution in [1.29, 1.82) is 0 Å². The number of ether oxygens (including phenoxy) is 1. The van der Waals surface area contributed by atoms with E-state index >= 15 is 0 Å². The van der Waals surface area contributed by atoms with E-state index in [0.717, 1.165) is 4.31 Å². The zero-order valence-electron chi connectivity index (χ0n) is 12.1. The van der Waals surface area contributed by atoms with Crippen LogP contribution in [0.3, 0.4) is 0 Å². The van der Waals surface area contributed by atoms with Crippen molar-refractivity contribution in [3.05, 3.63) is 36.2 Å². The lowest BCUT2D eigenvalue weighted by atomic mass is 10.3. The molecule has 22 heavy (non-hydrogen) atoms. The summed E-state index contributed by atoms with van der Waals surface area (Å²) in [6.07, 6.45) is -1.00. The van der Waals surface area contributed by atoms with Crippen molar-refractivity contribution in [2.45, 2.75) is 4.90 Å². The van der Waals surface area contributed by atoms with Crippen LogP contribution in [-0.4, -0.2) is 51.2 Å². The molecule has 0 spiro atoms. The van der Waals surface area contributed by atoms with Crippen LogP contribution < -0.4 is 10.1 Å². The van der Waals surface area contributed by atoms with Gasteiger partial charge in [-0.1, -0.05) is 0 Å². The number of hydrogen-bond donors (Lipinski definition) is 2. The van der Waals surface area contributed by atoms with Crippen LogP contribution >= 0.6 is 0 Å². The van der Waals surface area contributed by atoms with Crippen LogP contribution in [0.5, 0.6) is 5.75 Å². The van der Waals surface area contributed by atoms with Crippen LogP contribution in [0.4, 0.5) is 9.18 Å². The quantitative estimate of drug-likeness (QED) is 0.787. The number of sulfonamides is 1. The van der Waals surface area contributed by atoms with Crippen LogP contribution in [0.15, 0.2) is 41.1 Å². The highest BCUT2D eigenvalue weighted by molar-refractivity contribution is 7.89. The average Bonchev–Trinajstić information content (AvgIpc) is 2.47. The predicted molar refractivity (Wildman–Crippen MR) is 78.0 cm³/mol. The Balaban J connectivity index is 2.67. The SMILES string of the molecule is CN(C)S(=O)(=O)c1ccc(OC/C(=C\F)CNC(=O)O)cc1. The molecule has 122 valence electrons. The summed E-state index contributed by atoms with van der Waals surface area (Å²) in [4.78, 5) is 10.4. The highest BCUT2D eigenvalue weighted by Crippen LogP contribution is 2.18. The third-order valence-electron chi connectivity index (χ3n) is 2.65. The van der Waals surface area contributed by atoms with Gasteiger partial charge in [0.05, 0.1) is 11.2 Å². The fourth-order valence-corrected chi connectivity index (χ4v) is 2.31. The Bertz CT molecular complexity index is 641. The summed E-state index contributed by atoms with van der Waals surface area (Å²) in [6.45, 7) is -0.352.